The molecule has 0 radical (unpaired) electrons. The van der Waals surface area contributed by atoms with E-state index in [1.165, 1.54) is 31.4 Å². The molecule has 1 fully saturated rings. The Morgan fingerprint density at radius 1 is 1.33 bits per heavy atom. The van der Waals surface area contributed by atoms with E-state index in [4.69, 9.17) is 5.73 Å². The van der Waals surface area contributed by atoms with Crippen LogP contribution in [0.25, 0.3) is 0 Å². The highest BCUT2D eigenvalue weighted by molar-refractivity contribution is 7.99. The fourth-order valence-corrected chi connectivity index (χ4v) is 3.31. The second-order valence-corrected chi connectivity index (χ2v) is 6.19. The van der Waals surface area contributed by atoms with E-state index in [0.29, 0.717) is 0 Å². The Kier molecular flexibility index (Phi) is 5.45. The van der Waals surface area contributed by atoms with Crippen LogP contribution in [0.4, 0.5) is 0 Å². The van der Waals surface area contributed by atoms with E-state index < -0.39 is 0 Å². The van der Waals surface area contributed by atoms with Crippen LogP contribution in [0.5, 0.6) is 0 Å². The summed E-state index contributed by atoms with van der Waals surface area (Å²) < 4.78 is 0. The summed E-state index contributed by atoms with van der Waals surface area (Å²) in [6, 6.07) is 0.227. The van der Waals surface area contributed by atoms with Crippen LogP contribution in [-0.2, 0) is 6.42 Å². The predicted molar refractivity (Wildman–Crippen MR) is 76.7 cm³/mol. The highest BCUT2D eigenvalue weighted by Gasteiger charge is 2.15. The van der Waals surface area contributed by atoms with E-state index in [0.717, 1.165) is 29.5 Å². The van der Waals surface area contributed by atoms with Crippen molar-refractivity contribution in [3.8, 4) is 0 Å². The molecule has 3 nitrogen and oxygen atoms in total. The van der Waals surface area contributed by atoms with Crippen molar-refractivity contribution in [2.45, 2.75) is 56.6 Å². The van der Waals surface area contributed by atoms with Gasteiger partial charge in [0.1, 0.15) is 0 Å². The topological polar surface area (TPSA) is 51.8 Å². The Morgan fingerprint density at radius 3 is 2.61 bits per heavy atom. The highest BCUT2D eigenvalue weighted by atomic mass is 32.2. The standard InChI is InChI=1S/C14H23N3S/c1-2-13(15)7-12-8-16-14(17-9-12)18-10-11-5-3-4-6-11/h8-9,11,13H,2-7,10,15H2,1H3. The second-order valence-electron chi connectivity index (χ2n) is 5.21. The van der Waals surface area contributed by atoms with Crippen LogP contribution in [0.1, 0.15) is 44.6 Å². The van der Waals surface area contributed by atoms with E-state index in [1.807, 2.05) is 12.4 Å². The molecule has 1 aliphatic carbocycles. The summed E-state index contributed by atoms with van der Waals surface area (Å²) in [5.74, 6) is 2.06. The van der Waals surface area contributed by atoms with Crippen LogP contribution in [0.15, 0.2) is 17.6 Å². The summed E-state index contributed by atoms with van der Waals surface area (Å²) >= 11 is 1.80. The number of nitrogens with zero attached hydrogens (tertiary/aromatic N) is 2. The third kappa shape index (κ3) is 4.25. The third-order valence-electron chi connectivity index (χ3n) is 3.63. The molecule has 1 atom stereocenters. The molecule has 0 spiro atoms. The zero-order chi connectivity index (χ0) is 12.8. The van der Waals surface area contributed by atoms with E-state index in [1.54, 1.807) is 11.8 Å². The highest BCUT2D eigenvalue weighted by Crippen LogP contribution is 2.29. The minimum atomic E-state index is 0.227. The van der Waals surface area contributed by atoms with Gasteiger partial charge >= 0.3 is 0 Å². The molecule has 18 heavy (non-hydrogen) atoms. The van der Waals surface area contributed by atoms with Gasteiger partial charge in [-0.2, -0.15) is 0 Å². The largest absolute Gasteiger partial charge is 0.327 e. The first-order valence-corrected chi connectivity index (χ1v) is 7.95. The Bertz CT molecular complexity index is 347. The maximum absolute atomic E-state index is 5.92. The molecular formula is C14H23N3S. The number of nitrogens with two attached hydrogens (primary N) is 1. The molecule has 0 aromatic carbocycles. The molecule has 0 amide bonds. The van der Waals surface area contributed by atoms with Crippen molar-refractivity contribution in [2.75, 3.05) is 5.75 Å². The van der Waals surface area contributed by atoms with Crippen LogP contribution in [0.3, 0.4) is 0 Å². The molecule has 0 bridgehead atoms. The number of hydrogen-bond acceptors (Lipinski definition) is 4. The van der Waals surface area contributed by atoms with Crippen LogP contribution >= 0.6 is 11.8 Å². The molecular weight excluding hydrogens is 242 g/mol. The van der Waals surface area contributed by atoms with Crippen molar-refractivity contribution in [1.82, 2.24) is 9.97 Å². The summed E-state index contributed by atoms with van der Waals surface area (Å²) in [6.45, 7) is 2.11. The Balaban J connectivity index is 1.79. The second kappa shape index (κ2) is 7.10. The molecule has 4 heteroatoms. The van der Waals surface area contributed by atoms with E-state index in [9.17, 15) is 0 Å². The van der Waals surface area contributed by atoms with Gasteiger partial charge in [0.2, 0.25) is 0 Å². The monoisotopic (exact) mass is 265 g/mol. The lowest BCUT2D eigenvalue weighted by Crippen LogP contribution is -2.21. The number of thioether (sulfide) groups is 1. The van der Waals surface area contributed by atoms with Gasteiger partial charge in [-0.05, 0) is 37.2 Å². The van der Waals surface area contributed by atoms with Crippen molar-refractivity contribution in [3.05, 3.63) is 18.0 Å². The lowest BCUT2D eigenvalue weighted by atomic mass is 10.1. The summed E-state index contributed by atoms with van der Waals surface area (Å²) in [6.07, 6.45) is 11.3. The molecule has 2 rings (SSSR count). The normalized spacial score (nSPS) is 18.1. The van der Waals surface area contributed by atoms with Crippen molar-refractivity contribution in [2.24, 2.45) is 11.7 Å². The average Bonchev–Trinajstić information content (AvgIpc) is 2.91. The van der Waals surface area contributed by atoms with E-state index in [-0.39, 0.29) is 6.04 Å². The molecule has 0 saturated heterocycles. The summed E-state index contributed by atoms with van der Waals surface area (Å²) in [5, 5.41) is 0.913. The molecule has 1 aromatic heterocycles. The molecule has 1 unspecified atom stereocenters. The van der Waals surface area contributed by atoms with E-state index >= 15 is 0 Å². The number of aromatic nitrogens is 2. The van der Waals surface area contributed by atoms with Gasteiger partial charge in [0.25, 0.3) is 0 Å². The van der Waals surface area contributed by atoms with Gasteiger partial charge in [0.05, 0.1) is 0 Å². The Morgan fingerprint density at radius 2 is 2.00 bits per heavy atom. The average molecular weight is 265 g/mol. The Hall–Kier alpha value is -0.610. The van der Waals surface area contributed by atoms with Gasteiger partial charge in [-0.25, -0.2) is 9.97 Å². The first-order valence-electron chi connectivity index (χ1n) is 6.97. The lowest BCUT2D eigenvalue weighted by molar-refractivity contribution is 0.622. The summed E-state index contributed by atoms with van der Waals surface area (Å²) in [5.41, 5.74) is 7.07. The van der Waals surface area contributed by atoms with Gasteiger partial charge in [-0.1, -0.05) is 31.5 Å². The first kappa shape index (κ1) is 13.8. The van der Waals surface area contributed by atoms with Gasteiger partial charge < -0.3 is 5.73 Å². The van der Waals surface area contributed by atoms with Gasteiger partial charge in [-0.15, -0.1) is 0 Å². The van der Waals surface area contributed by atoms with Crippen LogP contribution in [0.2, 0.25) is 0 Å². The Labute approximate surface area is 114 Å². The molecule has 1 saturated carbocycles. The maximum atomic E-state index is 5.92. The molecule has 1 heterocycles. The molecule has 100 valence electrons. The lowest BCUT2D eigenvalue weighted by Gasteiger charge is -2.09. The summed E-state index contributed by atoms with van der Waals surface area (Å²) in [4.78, 5) is 8.85. The van der Waals surface area contributed by atoms with Gasteiger partial charge in [-0.3, -0.25) is 0 Å². The van der Waals surface area contributed by atoms with Crippen molar-refractivity contribution in [3.63, 3.8) is 0 Å². The molecule has 2 N–H and O–H groups in total. The summed E-state index contributed by atoms with van der Waals surface area (Å²) in [7, 11) is 0. The predicted octanol–water partition coefficient (Wildman–Crippen LogP) is 3.04. The SMILES string of the molecule is CCC(N)Cc1cnc(SCC2CCCC2)nc1. The zero-order valence-corrected chi connectivity index (χ0v) is 12.0. The maximum Gasteiger partial charge on any atom is 0.187 e. The molecule has 1 aliphatic rings. The van der Waals surface area contributed by atoms with E-state index in [2.05, 4.69) is 16.9 Å². The van der Waals surface area contributed by atoms with Crippen molar-refractivity contribution >= 4 is 11.8 Å². The number of hydrogen-bond donors (Lipinski definition) is 1. The van der Waals surface area contributed by atoms with Crippen LogP contribution in [-0.4, -0.2) is 21.8 Å². The fourth-order valence-electron chi connectivity index (χ4n) is 2.34. The number of rotatable bonds is 6. The molecule has 1 aromatic rings. The minimum absolute atomic E-state index is 0.227. The van der Waals surface area contributed by atoms with Crippen molar-refractivity contribution < 1.29 is 0 Å². The smallest absolute Gasteiger partial charge is 0.187 e. The first-order chi connectivity index (χ1) is 8.78. The van der Waals surface area contributed by atoms with Gasteiger partial charge in [0.15, 0.2) is 5.16 Å². The minimum Gasteiger partial charge on any atom is -0.327 e. The fraction of sp³-hybridized carbons (Fsp3) is 0.714. The van der Waals surface area contributed by atoms with Gasteiger partial charge in [0, 0.05) is 24.2 Å². The quantitative estimate of drug-likeness (QED) is 0.634. The van der Waals surface area contributed by atoms with Crippen LogP contribution < -0.4 is 5.73 Å². The van der Waals surface area contributed by atoms with Crippen LogP contribution in [0, 0.1) is 5.92 Å². The molecule has 0 aliphatic heterocycles. The zero-order valence-electron chi connectivity index (χ0n) is 11.1. The third-order valence-corrected chi connectivity index (χ3v) is 4.73. The van der Waals surface area contributed by atoms with Crippen molar-refractivity contribution in [1.29, 1.82) is 0 Å².